The van der Waals surface area contributed by atoms with Crippen molar-refractivity contribution in [3.8, 4) is 5.75 Å². The van der Waals surface area contributed by atoms with Crippen LogP contribution in [0.15, 0.2) is 47.6 Å². The van der Waals surface area contributed by atoms with Crippen LogP contribution in [0.4, 0.5) is 0 Å². The maximum absolute atomic E-state index is 8.65. The summed E-state index contributed by atoms with van der Waals surface area (Å²) in [6, 6.07) is 14.3. The molecule has 0 aromatic heterocycles. The first-order chi connectivity index (χ1) is 9.71. The molecule has 0 saturated heterocycles. The SMILES string of the molecule is NC(CC1(COc2ccc3ccccc3c2)CC1)=NO. The van der Waals surface area contributed by atoms with Crippen molar-refractivity contribution in [3.63, 3.8) is 0 Å². The van der Waals surface area contributed by atoms with Gasteiger partial charge in [-0.3, -0.25) is 0 Å². The molecule has 0 amide bonds. The molecule has 2 aromatic rings. The number of rotatable bonds is 5. The first-order valence-corrected chi connectivity index (χ1v) is 6.79. The third-order valence-electron chi connectivity index (χ3n) is 3.91. The van der Waals surface area contributed by atoms with Gasteiger partial charge in [-0.25, -0.2) is 0 Å². The van der Waals surface area contributed by atoms with Gasteiger partial charge in [0.05, 0.1) is 6.61 Å². The molecule has 0 unspecified atom stereocenters. The van der Waals surface area contributed by atoms with Gasteiger partial charge in [0, 0.05) is 11.8 Å². The van der Waals surface area contributed by atoms with Crippen molar-refractivity contribution in [1.29, 1.82) is 0 Å². The van der Waals surface area contributed by atoms with E-state index in [1.165, 1.54) is 10.8 Å². The molecule has 0 aliphatic heterocycles. The number of oxime groups is 1. The maximum atomic E-state index is 8.65. The summed E-state index contributed by atoms with van der Waals surface area (Å²) >= 11 is 0. The molecular weight excluding hydrogens is 252 g/mol. The fourth-order valence-corrected chi connectivity index (χ4v) is 2.46. The highest BCUT2D eigenvalue weighted by Gasteiger charge is 2.44. The Bertz CT molecular complexity index is 648. The van der Waals surface area contributed by atoms with Crippen LogP contribution < -0.4 is 10.5 Å². The summed E-state index contributed by atoms with van der Waals surface area (Å²) in [4.78, 5) is 0. The van der Waals surface area contributed by atoms with E-state index in [1.807, 2.05) is 18.2 Å². The van der Waals surface area contributed by atoms with Gasteiger partial charge in [0.15, 0.2) is 0 Å². The summed E-state index contributed by atoms with van der Waals surface area (Å²) in [5.41, 5.74) is 5.64. The van der Waals surface area contributed by atoms with E-state index in [4.69, 9.17) is 15.7 Å². The van der Waals surface area contributed by atoms with Crippen molar-refractivity contribution in [2.45, 2.75) is 19.3 Å². The number of fused-ring (bicyclic) bond motifs is 1. The smallest absolute Gasteiger partial charge is 0.139 e. The summed E-state index contributed by atoms with van der Waals surface area (Å²) in [6.07, 6.45) is 2.73. The zero-order valence-electron chi connectivity index (χ0n) is 11.2. The third-order valence-corrected chi connectivity index (χ3v) is 3.91. The Hall–Kier alpha value is -2.23. The highest BCUT2D eigenvalue weighted by atomic mass is 16.5. The van der Waals surface area contributed by atoms with Gasteiger partial charge in [0.25, 0.3) is 0 Å². The Morgan fingerprint density at radius 1 is 1.20 bits per heavy atom. The summed E-state index contributed by atoms with van der Waals surface area (Å²) in [6.45, 7) is 0.613. The molecule has 4 heteroatoms. The van der Waals surface area contributed by atoms with Gasteiger partial charge in [-0.15, -0.1) is 0 Å². The predicted molar refractivity (Wildman–Crippen MR) is 79.1 cm³/mol. The lowest BCUT2D eigenvalue weighted by Crippen LogP contribution is -2.22. The Morgan fingerprint density at radius 3 is 2.65 bits per heavy atom. The van der Waals surface area contributed by atoms with Crippen LogP contribution in [0, 0.1) is 5.41 Å². The second kappa shape index (κ2) is 5.04. The number of amidine groups is 1. The molecule has 0 atom stereocenters. The second-order valence-corrected chi connectivity index (χ2v) is 5.57. The molecule has 1 aliphatic rings. The first-order valence-electron chi connectivity index (χ1n) is 6.79. The summed E-state index contributed by atoms with van der Waals surface area (Å²) in [5, 5.41) is 14.1. The quantitative estimate of drug-likeness (QED) is 0.379. The molecular formula is C16H18N2O2. The molecule has 0 radical (unpaired) electrons. The molecule has 3 N–H and O–H groups in total. The summed E-state index contributed by atoms with van der Waals surface area (Å²) < 4.78 is 5.89. The first kappa shape index (κ1) is 12.8. The average Bonchev–Trinajstić information content (AvgIpc) is 3.25. The van der Waals surface area contributed by atoms with Crippen LogP contribution in [0.5, 0.6) is 5.75 Å². The lowest BCUT2D eigenvalue weighted by atomic mass is 10.0. The molecule has 1 aliphatic carbocycles. The van der Waals surface area contributed by atoms with E-state index in [1.54, 1.807) is 0 Å². The predicted octanol–water partition coefficient (Wildman–Crippen LogP) is 3.14. The van der Waals surface area contributed by atoms with Crippen LogP contribution in [0.3, 0.4) is 0 Å². The molecule has 0 spiro atoms. The number of hydrogen-bond acceptors (Lipinski definition) is 3. The van der Waals surface area contributed by atoms with Gasteiger partial charge in [-0.1, -0.05) is 35.5 Å². The highest BCUT2D eigenvalue weighted by molar-refractivity contribution is 5.83. The van der Waals surface area contributed by atoms with Crippen LogP contribution in [-0.4, -0.2) is 17.6 Å². The fraction of sp³-hybridized carbons (Fsp3) is 0.312. The van der Waals surface area contributed by atoms with Crippen LogP contribution >= 0.6 is 0 Å². The topological polar surface area (TPSA) is 67.8 Å². The van der Waals surface area contributed by atoms with Gasteiger partial charge in [-0.05, 0) is 35.7 Å². The Balaban J connectivity index is 1.68. The number of nitrogens with zero attached hydrogens (tertiary/aromatic N) is 1. The van der Waals surface area contributed by atoms with Gasteiger partial charge in [0.2, 0.25) is 0 Å². The van der Waals surface area contributed by atoms with Gasteiger partial charge in [-0.2, -0.15) is 0 Å². The van der Waals surface area contributed by atoms with Gasteiger partial charge >= 0.3 is 0 Å². The van der Waals surface area contributed by atoms with Crippen molar-refractivity contribution in [2.75, 3.05) is 6.61 Å². The highest BCUT2D eigenvalue weighted by Crippen LogP contribution is 2.49. The normalized spacial score (nSPS) is 17.1. The number of nitrogens with two attached hydrogens (primary N) is 1. The monoisotopic (exact) mass is 270 g/mol. The fourth-order valence-electron chi connectivity index (χ4n) is 2.46. The number of hydrogen-bond donors (Lipinski definition) is 2. The molecule has 0 bridgehead atoms. The Labute approximate surface area is 117 Å². The van der Waals surface area contributed by atoms with Crippen LogP contribution in [0.25, 0.3) is 10.8 Å². The largest absolute Gasteiger partial charge is 0.493 e. The lowest BCUT2D eigenvalue weighted by molar-refractivity contribution is 0.236. The molecule has 0 heterocycles. The molecule has 3 rings (SSSR count). The van der Waals surface area contributed by atoms with Crippen LogP contribution in [0.1, 0.15) is 19.3 Å². The van der Waals surface area contributed by atoms with E-state index in [9.17, 15) is 0 Å². The Kier molecular flexibility index (Phi) is 3.22. The van der Waals surface area contributed by atoms with Crippen LogP contribution in [-0.2, 0) is 0 Å². The summed E-state index contributed by atoms with van der Waals surface area (Å²) in [7, 11) is 0. The number of ether oxygens (including phenoxy) is 1. The van der Waals surface area contributed by atoms with Crippen molar-refractivity contribution >= 4 is 16.6 Å². The molecule has 4 nitrogen and oxygen atoms in total. The average molecular weight is 270 g/mol. The van der Waals surface area contributed by atoms with Crippen molar-refractivity contribution < 1.29 is 9.94 Å². The summed E-state index contributed by atoms with van der Waals surface area (Å²) in [5.74, 6) is 1.15. The molecule has 1 fully saturated rings. The molecule has 104 valence electrons. The van der Waals surface area contributed by atoms with E-state index in [0.717, 1.165) is 18.6 Å². The van der Waals surface area contributed by atoms with E-state index in [2.05, 4.69) is 29.4 Å². The zero-order valence-corrected chi connectivity index (χ0v) is 11.2. The zero-order chi connectivity index (χ0) is 14.0. The molecule has 1 saturated carbocycles. The minimum atomic E-state index is 0.0575. The standard InChI is InChI=1S/C16H18N2O2/c17-15(18-19)10-16(7-8-16)11-20-14-6-5-12-3-1-2-4-13(12)9-14/h1-6,9,19H,7-8,10-11H2,(H2,17,18). The Morgan fingerprint density at radius 2 is 1.95 bits per heavy atom. The second-order valence-electron chi connectivity index (χ2n) is 5.57. The van der Waals surface area contributed by atoms with Crippen LogP contribution in [0.2, 0.25) is 0 Å². The molecule has 20 heavy (non-hydrogen) atoms. The number of benzene rings is 2. The van der Waals surface area contributed by atoms with Gasteiger partial charge < -0.3 is 15.7 Å². The minimum absolute atomic E-state index is 0.0575. The van der Waals surface area contributed by atoms with Gasteiger partial charge in [0.1, 0.15) is 11.6 Å². The van der Waals surface area contributed by atoms with Crippen molar-refractivity contribution in [1.82, 2.24) is 0 Å². The van der Waals surface area contributed by atoms with E-state index in [0.29, 0.717) is 13.0 Å². The van der Waals surface area contributed by atoms with Crippen molar-refractivity contribution in [2.24, 2.45) is 16.3 Å². The van der Waals surface area contributed by atoms with E-state index >= 15 is 0 Å². The maximum Gasteiger partial charge on any atom is 0.139 e. The third kappa shape index (κ3) is 2.69. The minimum Gasteiger partial charge on any atom is -0.493 e. The molecule has 2 aromatic carbocycles. The van der Waals surface area contributed by atoms with E-state index in [-0.39, 0.29) is 11.3 Å². The lowest BCUT2D eigenvalue weighted by Gasteiger charge is -2.15. The van der Waals surface area contributed by atoms with E-state index < -0.39 is 0 Å². The van der Waals surface area contributed by atoms with Crippen molar-refractivity contribution in [3.05, 3.63) is 42.5 Å².